The number of hydrogen-bond acceptors (Lipinski definition) is 4. The summed E-state index contributed by atoms with van der Waals surface area (Å²) in [5.41, 5.74) is 2.61. The molecule has 1 aliphatic rings. The molecule has 2 aromatic carbocycles. The van der Waals surface area contributed by atoms with Gasteiger partial charge in [-0.15, -0.1) is 0 Å². The summed E-state index contributed by atoms with van der Waals surface area (Å²) >= 11 is 0. The lowest BCUT2D eigenvalue weighted by molar-refractivity contribution is -0.384. The third kappa shape index (κ3) is 4.05. The van der Waals surface area contributed by atoms with Crippen molar-refractivity contribution >= 4 is 5.69 Å². The quantitative estimate of drug-likeness (QED) is 0.595. The van der Waals surface area contributed by atoms with Gasteiger partial charge in [0.25, 0.3) is 5.69 Å². The third-order valence-electron chi connectivity index (χ3n) is 5.48. The zero-order chi connectivity index (χ0) is 18.6. The summed E-state index contributed by atoms with van der Waals surface area (Å²) in [6, 6.07) is 14.6. The van der Waals surface area contributed by atoms with Gasteiger partial charge in [-0.1, -0.05) is 37.6 Å². The Bertz CT molecular complexity index is 760. The molecular formula is C21H26N2O3. The van der Waals surface area contributed by atoms with Gasteiger partial charge in [-0.25, -0.2) is 0 Å². The van der Waals surface area contributed by atoms with E-state index in [-0.39, 0.29) is 16.0 Å². The van der Waals surface area contributed by atoms with Gasteiger partial charge in [0.15, 0.2) is 0 Å². The molecule has 1 fully saturated rings. The first kappa shape index (κ1) is 18.4. The van der Waals surface area contributed by atoms with E-state index in [9.17, 15) is 15.2 Å². The number of rotatable bonds is 7. The van der Waals surface area contributed by atoms with E-state index in [1.165, 1.54) is 5.56 Å². The molecule has 1 aliphatic heterocycles. The fourth-order valence-electron chi connectivity index (χ4n) is 4.12. The van der Waals surface area contributed by atoms with Crippen molar-refractivity contribution in [3.05, 3.63) is 69.8 Å². The van der Waals surface area contributed by atoms with E-state index in [1.54, 1.807) is 18.2 Å². The Morgan fingerprint density at radius 1 is 1.23 bits per heavy atom. The van der Waals surface area contributed by atoms with Crippen molar-refractivity contribution in [3.63, 3.8) is 0 Å². The second-order valence-corrected chi connectivity index (χ2v) is 7.28. The molecule has 2 aromatic rings. The van der Waals surface area contributed by atoms with Crippen molar-refractivity contribution in [3.8, 4) is 5.75 Å². The highest BCUT2D eigenvalue weighted by atomic mass is 16.6. The van der Waals surface area contributed by atoms with Gasteiger partial charge in [-0.3, -0.25) is 10.1 Å². The van der Waals surface area contributed by atoms with E-state index >= 15 is 0 Å². The maximum absolute atomic E-state index is 10.8. The standard InChI is InChI=1S/C21H26N2O3/c1-2-11-21(18-4-3-5-20(24)15-18)12-14-22(16-21)13-10-17-6-8-19(9-7-17)23(25)26/h3-9,15,24H,2,10-14,16H2,1H3. The molecule has 1 N–H and O–H groups in total. The van der Waals surface area contributed by atoms with Gasteiger partial charge < -0.3 is 10.0 Å². The molecule has 0 radical (unpaired) electrons. The highest BCUT2D eigenvalue weighted by Crippen LogP contribution is 2.39. The van der Waals surface area contributed by atoms with Crippen molar-refractivity contribution in [2.75, 3.05) is 19.6 Å². The minimum Gasteiger partial charge on any atom is -0.508 e. The van der Waals surface area contributed by atoms with Gasteiger partial charge in [0.2, 0.25) is 0 Å². The lowest BCUT2D eigenvalue weighted by Crippen LogP contribution is -2.32. The summed E-state index contributed by atoms with van der Waals surface area (Å²) in [5, 5.41) is 20.6. The number of phenolic OH excluding ortho intramolecular Hbond substituents is 1. The van der Waals surface area contributed by atoms with Gasteiger partial charge in [-0.05, 0) is 49.1 Å². The van der Waals surface area contributed by atoms with E-state index < -0.39 is 0 Å². The molecule has 1 heterocycles. The van der Waals surface area contributed by atoms with Gasteiger partial charge in [0.05, 0.1) is 4.92 Å². The molecule has 138 valence electrons. The van der Waals surface area contributed by atoms with Crippen LogP contribution in [0, 0.1) is 10.1 Å². The Morgan fingerprint density at radius 3 is 2.65 bits per heavy atom. The molecule has 0 amide bonds. The minimum absolute atomic E-state index is 0.114. The number of hydrogen-bond donors (Lipinski definition) is 1. The van der Waals surface area contributed by atoms with Crippen molar-refractivity contribution in [2.45, 2.75) is 38.0 Å². The van der Waals surface area contributed by atoms with Crippen LogP contribution in [-0.2, 0) is 11.8 Å². The van der Waals surface area contributed by atoms with Crippen molar-refractivity contribution in [1.82, 2.24) is 4.90 Å². The van der Waals surface area contributed by atoms with Crippen LogP contribution < -0.4 is 0 Å². The topological polar surface area (TPSA) is 66.6 Å². The molecule has 0 spiro atoms. The van der Waals surface area contributed by atoms with Crippen LogP contribution in [0.1, 0.15) is 37.3 Å². The highest BCUT2D eigenvalue weighted by molar-refractivity contribution is 5.35. The molecule has 1 atom stereocenters. The number of nitrogens with zero attached hydrogens (tertiary/aromatic N) is 2. The van der Waals surface area contributed by atoms with Crippen molar-refractivity contribution in [2.24, 2.45) is 0 Å². The van der Waals surface area contributed by atoms with Crippen LogP contribution >= 0.6 is 0 Å². The van der Waals surface area contributed by atoms with Crippen LogP contribution in [0.2, 0.25) is 0 Å². The fourth-order valence-corrected chi connectivity index (χ4v) is 4.12. The van der Waals surface area contributed by atoms with Crippen LogP contribution in [0.25, 0.3) is 0 Å². The monoisotopic (exact) mass is 354 g/mol. The van der Waals surface area contributed by atoms with E-state index in [0.717, 1.165) is 50.9 Å². The number of benzene rings is 2. The zero-order valence-electron chi connectivity index (χ0n) is 15.2. The maximum atomic E-state index is 10.8. The van der Waals surface area contributed by atoms with Gasteiger partial charge in [0.1, 0.15) is 5.75 Å². The lowest BCUT2D eigenvalue weighted by atomic mass is 9.76. The summed E-state index contributed by atoms with van der Waals surface area (Å²) in [6.07, 6.45) is 4.22. The molecule has 0 aliphatic carbocycles. The number of non-ortho nitro benzene ring substituents is 1. The average Bonchev–Trinajstić information content (AvgIpc) is 3.05. The number of likely N-dealkylation sites (tertiary alicyclic amines) is 1. The highest BCUT2D eigenvalue weighted by Gasteiger charge is 2.38. The third-order valence-corrected chi connectivity index (χ3v) is 5.48. The molecule has 5 nitrogen and oxygen atoms in total. The Hall–Kier alpha value is -2.40. The van der Waals surface area contributed by atoms with E-state index in [1.807, 2.05) is 24.3 Å². The summed E-state index contributed by atoms with van der Waals surface area (Å²) in [6.45, 7) is 5.20. The molecular weight excluding hydrogens is 328 g/mol. The van der Waals surface area contributed by atoms with Crippen LogP contribution in [-0.4, -0.2) is 34.6 Å². The van der Waals surface area contributed by atoms with Crippen molar-refractivity contribution < 1.29 is 10.0 Å². The summed E-state index contributed by atoms with van der Waals surface area (Å²) in [7, 11) is 0. The van der Waals surface area contributed by atoms with E-state index in [0.29, 0.717) is 5.75 Å². The minimum atomic E-state index is -0.362. The molecule has 3 rings (SSSR count). The molecule has 5 heteroatoms. The summed E-state index contributed by atoms with van der Waals surface area (Å²) in [4.78, 5) is 12.9. The number of nitro groups is 1. The van der Waals surface area contributed by atoms with Crippen LogP contribution in [0.4, 0.5) is 5.69 Å². The fraction of sp³-hybridized carbons (Fsp3) is 0.429. The van der Waals surface area contributed by atoms with Gasteiger partial charge in [0, 0.05) is 30.6 Å². The second kappa shape index (κ2) is 7.87. The van der Waals surface area contributed by atoms with Gasteiger partial charge >= 0.3 is 0 Å². The van der Waals surface area contributed by atoms with Crippen molar-refractivity contribution in [1.29, 1.82) is 0 Å². The molecule has 0 bridgehead atoms. The first-order chi connectivity index (χ1) is 12.5. The first-order valence-corrected chi connectivity index (χ1v) is 9.28. The van der Waals surface area contributed by atoms with E-state index in [2.05, 4.69) is 17.9 Å². The Morgan fingerprint density at radius 2 is 2.00 bits per heavy atom. The van der Waals surface area contributed by atoms with Crippen LogP contribution in [0.15, 0.2) is 48.5 Å². The zero-order valence-corrected chi connectivity index (χ0v) is 15.2. The number of phenols is 1. The Labute approximate surface area is 154 Å². The van der Waals surface area contributed by atoms with E-state index in [4.69, 9.17) is 0 Å². The van der Waals surface area contributed by atoms with Crippen LogP contribution in [0.5, 0.6) is 5.75 Å². The first-order valence-electron chi connectivity index (χ1n) is 9.28. The summed E-state index contributed by atoms with van der Waals surface area (Å²) < 4.78 is 0. The predicted octanol–water partition coefficient (Wildman–Crippen LogP) is 4.29. The molecule has 0 saturated carbocycles. The smallest absolute Gasteiger partial charge is 0.269 e. The SMILES string of the molecule is CCCC1(c2cccc(O)c2)CCN(CCc2ccc([N+](=O)[O-])cc2)C1. The number of nitro benzene ring substituents is 1. The molecule has 26 heavy (non-hydrogen) atoms. The molecule has 1 unspecified atom stereocenters. The average molecular weight is 354 g/mol. The summed E-state index contributed by atoms with van der Waals surface area (Å²) in [5.74, 6) is 0.335. The number of aromatic hydroxyl groups is 1. The Balaban J connectivity index is 1.65. The molecule has 0 aromatic heterocycles. The lowest BCUT2D eigenvalue weighted by Gasteiger charge is -2.30. The Kier molecular flexibility index (Phi) is 5.57. The van der Waals surface area contributed by atoms with Gasteiger partial charge in [-0.2, -0.15) is 0 Å². The predicted molar refractivity (Wildman–Crippen MR) is 103 cm³/mol. The second-order valence-electron chi connectivity index (χ2n) is 7.28. The molecule has 1 saturated heterocycles. The normalized spacial score (nSPS) is 20.3. The van der Waals surface area contributed by atoms with Crippen LogP contribution in [0.3, 0.4) is 0 Å². The maximum Gasteiger partial charge on any atom is 0.269 e. The largest absolute Gasteiger partial charge is 0.508 e.